The van der Waals surface area contributed by atoms with E-state index in [1.54, 1.807) is 0 Å². The van der Waals surface area contributed by atoms with Gasteiger partial charge >= 0.3 is 0 Å². The number of amides is 2. The summed E-state index contributed by atoms with van der Waals surface area (Å²) >= 11 is 14.7. The van der Waals surface area contributed by atoms with Gasteiger partial charge in [0.1, 0.15) is 0 Å². The van der Waals surface area contributed by atoms with Crippen LogP contribution in [0.3, 0.4) is 0 Å². The van der Waals surface area contributed by atoms with Crippen molar-refractivity contribution in [3.05, 3.63) is 0 Å². The van der Waals surface area contributed by atoms with Crippen LogP contribution in [0.4, 0.5) is 0 Å². The maximum Gasteiger partial charge on any atom is 0.231 e. The summed E-state index contributed by atoms with van der Waals surface area (Å²) in [6, 6.07) is 0. The zero-order valence-corrected chi connectivity index (χ0v) is 16.3. The van der Waals surface area contributed by atoms with Crippen LogP contribution in [-0.2, 0) is 9.59 Å². The van der Waals surface area contributed by atoms with Crippen LogP contribution in [0.1, 0.15) is 12.8 Å². The first kappa shape index (κ1) is 15.0. The van der Waals surface area contributed by atoms with E-state index in [1.807, 2.05) is 0 Å². The van der Waals surface area contributed by atoms with Crippen molar-refractivity contribution >= 4 is 75.5 Å². The van der Waals surface area contributed by atoms with E-state index in [1.165, 1.54) is 0 Å². The van der Waals surface area contributed by atoms with Crippen LogP contribution in [-0.4, -0.2) is 31.6 Å². The van der Waals surface area contributed by atoms with Crippen molar-refractivity contribution in [2.75, 3.05) is 5.33 Å². The van der Waals surface area contributed by atoms with Crippen molar-refractivity contribution < 1.29 is 9.59 Å². The highest BCUT2D eigenvalue weighted by Gasteiger charge is 2.71. The maximum atomic E-state index is 12.2. The summed E-state index contributed by atoms with van der Waals surface area (Å²) in [6.07, 6.45) is 1.84. The number of alkyl halides is 4. The van der Waals surface area contributed by atoms with Gasteiger partial charge in [-0.1, -0.05) is 63.7 Å². The lowest BCUT2D eigenvalue weighted by Crippen LogP contribution is -2.46. The minimum atomic E-state index is -0.165. The SMILES string of the molecule is O=C1NC(=O)C2C1C1CC2(CC(Br)CBr)C(Br)C1Br. The molecule has 2 bridgehead atoms. The summed E-state index contributed by atoms with van der Waals surface area (Å²) in [7, 11) is 0. The van der Waals surface area contributed by atoms with E-state index in [2.05, 4.69) is 69.0 Å². The molecule has 19 heavy (non-hydrogen) atoms. The average molecular weight is 523 g/mol. The fourth-order valence-corrected chi connectivity index (χ4v) is 7.19. The number of hydrogen-bond donors (Lipinski definition) is 1. The summed E-state index contributed by atoms with van der Waals surface area (Å²) in [6.45, 7) is 0. The molecule has 0 aromatic rings. The molecule has 2 aliphatic carbocycles. The highest BCUT2D eigenvalue weighted by Crippen LogP contribution is 2.68. The van der Waals surface area contributed by atoms with Gasteiger partial charge in [-0.15, -0.1) is 0 Å². The Bertz CT molecular complexity index is 445. The lowest BCUT2D eigenvalue weighted by atomic mass is 9.69. The zero-order valence-electron chi connectivity index (χ0n) is 9.91. The van der Waals surface area contributed by atoms with Gasteiger partial charge in [0.25, 0.3) is 0 Å². The number of rotatable bonds is 3. The molecule has 2 saturated carbocycles. The number of carbonyl (C=O) groups excluding carboxylic acids is 2. The fraction of sp³-hybridized carbons (Fsp3) is 0.833. The molecule has 7 heteroatoms. The molecule has 1 saturated heterocycles. The molecule has 0 aromatic carbocycles. The fourth-order valence-electron chi connectivity index (χ4n) is 4.27. The summed E-state index contributed by atoms with van der Waals surface area (Å²) in [5, 5.41) is 3.38. The number of nitrogens with one attached hydrogen (secondary N) is 1. The van der Waals surface area contributed by atoms with Gasteiger partial charge in [0.05, 0.1) is 11.8 Å². The molecule has 2 amide bonds. The molecule has 1 heterocycles. The lowest BCUT2D eigenvalue weighted by molar-refractivity contribution is -0.127. The third-order valence-electron chi connectivity index (χ3n) is 4.89. The van der Waals surface area contributed by atoms with E-state index in [0.717, 1.165) is 18.2 Å². The summed E-state index contributed by atoms with van der Waals surface area (Å²) in [5.74, 6) is -0.190. The Balaban J connectivity index is 2.00. The topological polar surface area (TPSA) is 46.2 Å². The second-order valence-electron chi connectivity index (χ2n) is 5.76. The summed E-state index contributed by atoms with van der Waals surface area (Å²) < 4.78 is 0. The normalized spacial score (nSPS) is 49.4. The van der Waals surface area contributed by atoms with Crippen molar-refractivity contribution in [3.8, 4) is 0 Å². The Hall–Kier alpha value is 1.06. The Morgan fingerprint density at radius 2 is 2.00 bits per heavy atom. The molecule has 3 aliphatic rings. The molecule has 106 valence electrons. The van der Waals surface area contributed by atoms with E-state index in [9.17, 15) is 9.59 Å². The largest absolute Gasteiger partial charge is 0.296 e. The second-order valence-corrected chi connectivity index (χ2v) is 9.75. The van der Waals surface area contributed by atoms with Crippen LogP contribution >= 0.6 is 63.7 Å². The molecule has 1 aliphatic heterocycles. The monoisotopic (exact) mass is 519 g/mol. The van der Waals surface area contributed by atoms with Gasteiger partial charge in [0.2, 0.25) is 11.8 Å². The van der Waals surface area contributed by atoms with Gasteiger partial charge in [0, 0.05) is 19.8 Å². The molecule has 0 radical (unpaired) electrons. The summed E-state index contributed by atoms with van der Waals surface area (Å²) in [4.78, 5) is 25.0. The van der Waals surface area contributed by atoms with Gasteiger partial charge in [-0.25, -0.2) is 0 Å². The Labute approximate surface area is 145 Å². The molecule has 3 rings (SSSR count). The van der Waals surface area contributed by atoms with Crippen molar-refractivity contribution in [1.29, 1.82) is 0 Å². The van der Waals surface area contributed by atoms with Crippen LogP contribution in [0.5, 0.6) is 0 Å². The molecule has 3 fully saturated rings. The highest BCUT2D eigenvalue weighted by molar-refractivity contribution is 9.12. The van der Waals surface area contributed by atoms with Crippen LogP contribution in [0.2, 0.25) is 0 Å². The third-order valence-corrected chi connectivity index (χ3v) is 10.6. The number of fused-ring (bicyclic) bond motifs is 5. The predicted molar refractivity (Wildman–Crippen MR) is 87.2 cm³/mol. The molecule has 3 nitrogen and oxygen atoms in total. The van der Waals surface area contributed by atoms with E-state index >= 15 is 0 Å². The lowest BCUT2D eigenvalue weighted by Gasteiger charge is -2.40. The zero-order chi connectivity index (χ0) is 13.9. The second kappa shape index (κ2) is 5.06. The maximum absolute atomic E-state index is 12.2. The van der Waals surface area contributed by atoms with Gasteiger partial charge in [-0.2, -0.15) is 0 Å². The number of hydrogen-bond acceptors (Lipinski definition) is 2. The van der Waals surface area contributed by atoms with Crippen LogP contribution in [0.25, 0.3) is 0 Å². The van der Waals surface area contributed by atoms with Gasteiger partial charge in [-0.05, 0) is 24.2 Å². The predicted octanol–water partition coefficient (Wildman–Crippen LogP) is 2.97. The number of halogens is 4. The Morgan fingerprint density at radius 1 is 1.32 bits per heavy atom. The quantitative estimate of drug-likeness (QED) is 0.458. The molecule has 0 spiro atoms. The number of imide groups is 1. The van der Waals surface area contributed by atoms with Crippen molar-refractivity contribution in [2.24, 2.45) is 23.2 Å². The van der Waals surface area contributed by atoms with Gasteiger partial charge in [0.15, 0.2) is 0 Å². The van der Waals surface area contributed by atoms with Gasteiger partial charge in [-0.3, -0.25) is 14.9 Å². The van der Waals surface area contributed by atoms with Gasteiger partial charge < -0.3 is 0 Å². The van der Waals surface area contributed by atoms with E-state index in [-0.39, 0.29) is 44.6 Å². The first-order valence-corrected chi connectivity index (χ1v) is 10.1. The smallest absolute Gasteiger partial charge is 0.231 e. The molecule has 7 atom stereocenters. The van der Waals surface area contributed by atoms with E-state index in [0.29, 0.717) is 4.83 Å². The van der Waals surface area contributed by atoms with E-state index < -0.39 is 0 Å². The standard InChI is InChI=1S/C12H13Br4NO2/c13-3-4(14)1-12-2-5(8(15)9(12)16)6-7(12)11(19)17-10(6)18/h4-9H,1-3H2,(H,17,18,19). The first-order chi connectivity index (χ1) is 8.92. The van der Waals surface area contributed by atoms with Crippen molar-refractivity contribution in [3.63, 3.8) is 0 Å². The van der Waals surface area contributed by atoms with E-state index in [4.69, 9.17) is 0 Å². The Morgan fingerprint density at radius 3 is 2.63 bits per heavy atom. The van der Waals surface area contributed by atoms with Crippen molar-refractivity contribution in [1.82, 2.24) is 5.32 Å². The minimum Gasteiger partial charge on any atom is -0.296 e. The first-order valence-electron chi connectivity index (χ1n) is 6.25. The van der Waals surface area contributed by atoms with Crippen LogP contribution in [0.15, 0.2) is 0 Å². The molecule has 0 aromatic heterocycles. The molecular weight excluding hydrogens is 510 g/mol. The van der Waals surface area contributed by atoms with Crippen molar-refractivity contribution in [2.45, 2.75) is 27.3 Å². The minimum absolute atomic E-state index is 0.0734. The molecule has 7 unspecified atom stereocenters. The average Bonchev–Trinajstić information content (AvgIpc) is 2.93. The van der Waals surface area contributed by atoms with Crippen LogP contribution in [0, 0.1) is 23.2 Å². The Kier molecular flexibility index (Phi) is 3.99. The highest BCUT2D eigenvalue weighted by atomic mass is 79.9. The van der Waals surface area contributed by atoms with Crippen LogP contribution < -0.4 is 5.32 Å². The third kappa shape index (κ3) is 1.97. The molecule has 1 N–H and O–H groups in total. The summed E-state index contributed by atoms with van der Waals surface area (Å²) in [5.41, 5.74) is -0.123. The molecular formula is C12H13Br4NO2. The number of carbonyl (C=O) groups is 2.